The van der Waals surface area contributed by atoms with Crippen LogP contribution in [-0.4, -0.2) is 27.3 Å². The number of hydrogen-bond acceptors (Lipinski definition) is 5. The summed E-state index contributed by atoms with van der Waals surface area (Å²) in [6.45, 7) is 5.09. The number of furan rings is 1. The zero-order valence-electron chi connectivity index (χ0n) is 12.1. The van der Waals surface area contributed by atoms with Crippen LogP contribution < -0.4 is 5.73 Å². The number of carbonyl (C=O) groups is 2. The lowest BCUT2D eigenvalue weighted by Crippen LogP contribution is -2.28. The lowest BCUT2D eigenvalue weighted by atomic mass is 10.2. The molecule has 2 aromatic heterocycles. The van der Waals surface area contributed by atoms with E-state index in [-0.39, 0.29) is 12.2 Å². The molecule has 0 atom stereocenters. The summed E-state index contributed by atoms with van der Waals surface area (Å²) in [5, 5.41) is 4.17. The standard InChI is InChI=1S/C14H17N3O4/c1-14(2,3)21-12(18)8-17-10(13(15)19)7-9(16-17)11-5-4-6-20-11/h4-7H,8H2,1-3H3,(H2,15,19). The molecule has 2 aromatic rings. The highest BCUT2D eigenvalue weighted by atomic mass is 16.6. The molecule has 0 aromatic carbocycles. The minimum atomic E-state index is -0.677. The fraction of sp³-hybridized carbons (Fsp3) is 0.357. The molecule has 7 nitrogen and oxygen atoms in total. The topological polar surface area (TPSA) is 100 Å². The Balaban J connectivity index is 2.26. The van der Waals surface area contributed by atoms with Gasteiger partial charge >= 0.3 is 5.97 Å². The van der Waals surface area contributed by atoms with Gasteiger partial charge in [-0.05, 0) is 32.9 Å². The van der Waals surface area contributed by atoms with Crippen molar-refractivity contribution >= 4 is 11.9 Å². The number of amides is 1. The van der Waals surface area contributed by atoms with Crippen LogP contribution in [0.1, 0.15) is 31.3 Å². The summed E-state index contributed by atoms with van der Waals surface area (Å²) in [5.41, 5.74) is 5.24. The zero-order chi connectivity index (χ0) is 15.6. The van der Waals surface area contributed by atoms with Gasteiger partial charge in [0.25, 0.3) is 5.91 Å². The second kappa shape index (κ2) is 5.43. The summed E-state index contributed by atoms with van der Waals surface area (Å²) >= 11 is 0. The van der Waals surface area contributed by atoms with Crippen molar-refractivity contribution in [1.29, 1.82) is 0 Å². The number of hydrogen-bond donors (Lipinski definition) is 1. The average molecular weight is 291 g/mol. The van der Waals surface area contributed by atoms with E-state index in [4.69, 9.17) is 14.9 Å². The van der Waals surface area contributed by atoms with E-state index in [1.165, 1.54) is 17.0 Å². The first-order valence-corrected chi connectivity index (χ1v) is 6.39. The highest BCUT2D eigenvalue weighted by Gasteiger charge is 2.21. The summed E-state index contributed by atoms with van der Waals surface area (Å²) < 4.78 is 11.6. The first-order valence-electron chi connectivity index (χ1n) is 6.39. The number of primary amides is 1. The van der Waals surface area contributed by atoms with Crippen LogP contribution in [-0.2, 0) is 16.1 Å². The van der Waals surface area contributed by atoms with E-state index in [1.54, 1.807) is 32.9 Å². The van der Waals surface area contributed by atoms with Crippen LogP contribution in [0, 0.1) is 0 Å². The van der Waals surface area contributed by atoms with E-state index in [0.29, 0.717) is 11.5 Å². The highest BCUT2D eigenvalue weighted by Crippen LogP contribution is 2.19. The molecule has 2 heterocycles. The van der Waals surface area contributed by atoms with Crippen LogP contribution in [0.15, 0.2) is 28.9 Å². The van der Waals surface area contributed by atoms with Crippen LogP contribution in [0.4, 0.5) is 0 Å². The predicted octanol–water partition coefficient (Wildman–Crippen LogP) is 1.58. The van der Waals surface area contributed by atoms with Crippen LogP contribution >= 0.6 is 0 Å². The van der Waals surface area contributed by atoms with Gasteiger partial charge in [0, 0.05) is 6.07 Å². The monoisotopic (exact) mass is 291 g/mol. The fourth-order valence-corrected chi connectivity index (χ4v) is 1.78. The Labute approximate surface area is 121 Å². The van der Waals surface area contributed by atoms with Crippen molar-refractivity contribution in [3.63, 3.8) is 0 Å². The molecule has 112 valence electrons. The molecule has 0 unspecified atom stereocenters. The van der Waals surface area contributed by atoms with E-state index in [9.17, 15) is 9.59 Å². The molecule has 0 saturated carbocycles. The van der Waals surface area contributed by atoms with Gasteiger partial charge in [-0.3, -0.25) is 9.59 Å². The van der Waals surface area contributed by atoms with Gasteiger partial charge in [-0.15, -0.1) is 0 Å². The molecule has 2 N–H and O–H groups in total. The molecule has 1 amide bonds. The van der Waals surface area contributed by atoms with Crippen molar-refractivity contribution in [3.8, 4) is 11.5 Å². The molecule has 0 radical (unpaired) electrons. The summed E-state index contributed by atoms with van der Waals surface area (Å²) in [6.07, 6.45) is 1.49. The smallest absolute Gasteiger partial charge is 0.328 e. The van der Waals surface area contributed by atoms with Crippen molar-refractivity contribution < 1.29 is 18.7 Å². The minimum Gasteiger partial charge on any atom is -0.463 e. The first kappa shape index (κ1) is 14.8. The number of esters is 1. The third-order valence-corrected chi connectivity index (χ3v) is 2.50. The van der Waals surface area contributed by atoms with Crippen molar-refractivity contribution in [3.05, 3.63) is 30.2 Å². The molecule has 2 rings (SSSR count). The van der Waals surface area contributed by atoms with Gasteiger partial charge in [-0.2, -0.15) is 5.10 Å². The third kappa shape index (κ3) is 3.71. The number of carbonyl (C=O) groups excluding carboxylic acids is 2. The summed E-state index contributed by atoms with van der Waals surface area (Å²) in [7, 11) is 0. The highest BCUT2D eigenvalue weighted by molar-refractivity contribution is 5.92. The third-order valence-electron chi connectivity index (χ3n) is 2.50. The molecule has 0 saturated heterocycles. The maximum atomic E-state index is 11.8. The maximum absolute atomic E-state index is 11.8. The lowest BCUT2D eigenvalue weighted by molar-refractivity contribution is -0.155. The van der Waals surface area contributed by atoms with Gasteiger partial charge in [0.15, 0.2) is 5.76 Å². The van der Waals surface area contributed by atoms with E-state index < -0.39 is 17.5 Å². The van der Waals surface area contributed by atoms with Crippen molar-refractivity contribution in [2.75, 3.05) is 0 Å². The molecular formula is C14H17N3O4. The summed E-state index contributed by atoms with van der Waals surface area (Å²) in [5.74, 6) is -0.691. The number of ether oxygens (including phenoxy) is 1. The van der Waals surface area contributed by atoms with Crippen molar-refractivity contribution in [2.24, 2.45) is 5.73 Å². The summed E-state index contributed by atoms with van der Waals surface area (Å²) in [4.78, 5) is 23.3. The van der Waals surface area contributed by atoms with E-state index in [1.807, 2.05) is 0 Å². The van der Waals surface area contributed by atoms with Gasteiger partial charge in [-0.1, -0.05) is 0 Å². The van der Waals surface area contributed by atoms with Crippen LogP contribution in [0.5, 0.6) is 0 Å². The molecule has 0 aliphatic heterocycles. The lowest BCUT2D eigenvalue weighted by Gasteiger charge is -2.19. The Kier molecular flexibility index (Phi) is 3.84. The van der Waals surface area contributed by atoms with E-state index in [2.05, 4.69) is 5.10 Å². The Morgan fingerprint density at radius 3 is 2.67 bits per heavy atom. The first-order chi connectivity index (χ1) is 9.76. The molecule has 0 aliphatic rings. The van der Waals surface area contributed by atoms with Crippen LogP contribution in [0.2, 0.25) is 0 Å². The molecule has 7 heteroatoms. The summed E-state index contributed by atoms with van der Waals surface area (Å²) in [6, 6.07) is 4.88. The average Bonchev–Trinajstić information content (AvgIpc) is 2.93. The van der Waals surface area contributed by atoms with Gasteiger partial charge in [0.2, 0.25) is 0 Å². The van der Waals surface area contributed by atoms with Crippen molar-refractivity contribution in [1.82, 2.24) is 9.78 Å². The number of nitrogens with two attached hydrogens (primary N) is 1. The van der Waals surface area contributed by atoms with E-state index in [0.717, 1.165) is 0 Å². The van der Waals surface area contributed by atoms with Crippen LogP contribution in [0.25, 0.3) is 11.5 Å². The SMILES string of the molecule is CC(C)(C)OC(=O)Cn1nc(-c2ccco2)cc1C(N)=O. The maximum Gasteiger partial charge on any atom is 0.328 e. The quantitative estimate of drug-likeness (QED) is 0.862. The van der Waals surface area contributed by atoms with E-state index >= 15 is 0 Å². The van der Waals surface area contributed by atoms with Gasteiger partial charge < -0.3 is 14.9 Å². The number of aromatic nitrogens is 2. The number of nitrogens with zero attached hydrogens (tertiary/aromatic N) is 2. The second-order valence-corrected chi connectivity index (χ2v) is 5.50. The van der Waals surface area contributed by atoms with Gasteiger partial charge in [-0.25, -0.2) is 4.68 Å². The molecule has 0 aliphatic carbocycles. The Hall–Kier alpha value is -2.57. The molecule has 21 heavy (non-hydrogen) atoms. The molecular weight excluding hydrogens is 274 g/mol. The normalized spacial score (nSPS) is 11.4. The van der Waals surface area contributed by atoms with Gasteiger partial charge in [0.1, 0.15) is 23.5 Å². The zero-order valence-corrected chi connectivity index (χ0v) is 12.1. The van der Waals surface area contributed by atoms with Crippen molar-refractivity contribution in [2.45, 2.75) is 32.9 Å². The molecule has 0 spiro atoms. The van der Waals surface area contributed by atoms with Gasteiger partial charge in [0.05, 0.1) is 6.26 Å². The Morgan fingerprint density at radius 1 is 1.43 bits per heavy atom. The van der Waals surface area contributed by atoms with Crippen LogP contribution in [0.3, 0.4) is 0 Å². The molecule has 0 fully saturated rings. The molecule has 0 bridgehead atoms. The minimum absolute atomic E-state index is 0.118. The predicted molar refractivity (Wildman–Crippen MR) is 74.3 cm³/mol. The number of rotatable bonds is 4. The second-order valence-electron chi connectivity index (χ2n) is 5.50. The fourth-order valence-electron chi connectivity index (χ4n) is 1.78. The Morgan fingerprint density at radius 2 is 2.14 bits per heavy atom. The largest absolute Gasteiger partial charge is 0.463 e. The Bertz CT molecular complexity index is 650.